The molecule has 0 bridgehead atoms. The summed E-state index contributed by atoms with van der Waals surface area (Å²) in [5.74, 6) is -0.0952. The molecule has 3 heterocycles. The number of pyridine rings is 1. The highest BCUT2D eigenvalue weighted by Crippen LogP contribution is 2.40. The number of rotatable bonds is 9. The number of carbonyl (C=O) groups excluding carboxylic acids is 1. The fourth-order valence-electron chi connectivity index (χ4n) is 4.11. The number of aryl methyl sites for hydroxylation is 2. The smallest absolute Gasteiger partial charge is 0.312 e. The van der Waals surface area contributed by atoms with Gasteiger partial charge < -0.3 is 14.8 Å². The van der Waals surface area contributed by atoms with E-state index in [2.05, 4.69) is 17.4 Å². The van der Waals surface area contributed by atoms with Crippen LogP contribution >= 0.6 is 11.8 Å². The number of anilines is 2. The van der Waals surface area contributed by atoms with Crippen LogP contribution in [-0.2, 0) is 22.4 Å². The van der Waals surface area contributed by atoms with Crippen LogP contribution in [0.15, 0.2) is 41.6 Å². The van der Waals surface area contributed by atoms with E-state index < -0.39 is 5.82 Å². The quantitative estimate of drug-likeness (QED) is 0.475. The molecule has 1 unspecified atom stereocenters. The van der Waals surface area contributed by atoms with Gasteiger partial charge in [-0.1, -0.05) is 6.92 Å². The van der Waals surface area contributed by atoms with Crippen LogP contribution in [0.3, 0.4) is 0 Å². The summed E-state index contributed by atoms with van der Waals surface area (Å²) >= 11 is 1.59. The molecule has 0 amide bonds. The van der Waals surface area contributed by atoms with Gasteiger partial charge in [0.15, 0.2) is 11.6 Å². The molecule has 1 aromatic heterocycles. The standard InChI is InChI=1S/C25H30FN3O3S/c1-3-6-25(30)32-23-16-33-24(29(23)18-11-13-22(31-2)19(26)15-18)9-4-7-17-10-12-20-21(28-17)8-5-14-27-20/h10-13,15-16,24,27H,3-9,14H2,1-2H3. The van der Waals surface area contributed by atoms with Crippen LogP contribution in [0.2, 0.25) is 0 Å². The van der Waals surface area contributed by atoms with E-state index in [9.17, 15) is 9.18 Å². The van der Waals surface area contributed by atoms with Gasteiger partial charge in [0.05, 0.1) is 23.9 Å². The number of hydrogen-bond acceptors (Lipinski definition) is 7. The number of esters is 1. The Morgan fingerprint density at radius 2 is 2.21 bits per heavy atom. The van der Waals surface area contributed by atoms with E-state index in [0.29, 0.717) is 24.4 Å². The zero-order valence-corrected chi connectivity index (χ0v) is 19.9. The maximum absolute atomic E-state index is 14.5. The Morgan fingerprint density at radius 1 is 1.33 bits per heavy atom. The number of carbonyl (C=O) groups is 1. The second kappa shape index (κ2) is 10.9. The maximum Gasteiger partial charge on any atom is 0.312 e. The Bertz CT molecular complexity index is 1030. The van der Waals surface area contributed by atoms with Crippen LogP contribution in [-0.4, -0.2) is 30.0 Å². The first-order valence-electron chi connectivity index (χ1n) is 11.5. The molecule has 0 spiro atoms. The number of hydrogen-bond donors (Lipinski definition) is 1. The van der Waals surface area contributed by atoms with Gasteiger partial charge in [-0.05, 0) is 62.8 Å². The van der Waals surface area contributed by atoms with Crippen LogP contribution in [0.4, 0.5) is 15.8 Å². The van der Waals surface area contributed by atoms with Crippen molar-refractivity contribution in [2.75, 3.05) is 23.9 Å². The third kappa shape index (κ3) is 5.61. The van der Waals surface area contributed by atoms with Crippen LogP contribution in [0.25, 0.3) is 0 Å². The third-order valence-corrected chi connectivity index (χ3v) is 6.86. The predicted molar refractivity (Wildman–Crippen MR) is 130 cm³/mol. The molecule has 0 radical (unpaired) electrons. The number of nitrogens with zero attached hydrogens (tertiary/aromatic N) is 2. The number of aromatic nitrogens is 1. The molecule has 1 aromatic carbocycles. The van der Waals surface area contributed by atoms with Gasteiger partial charge in [-0.3, -0.25) is 14.7 Å². The van der Waals surface area contributed by atoms with Crippen molar-refractivity contribution < 1.29 is 18.7 Å². The molecule has 0 saturated heterocycles. The number of fused-ring (bicyclic) bond motifs is 1. The zero-order chi connectivity index (χ0) is 23.2. The second-order valence-electron chi connectivity index (χ2n) is 8.18. The normalized spacial score (nSPS) is 17.2. The molecule has 0 fully saturated rings. The topological polar surface area (TPSA) is 63.7 Å². The van der Waals surface area contributed by atoms with Crippen molar-refractivity contribution in [3.63, 3.8) is 0 Å². The van der Waals surface area contributed by atoms with Gasteiger partial charge in [-0.25, -0.2) is 4.39 Å². The highest BCUT2D eigenvalue weighted by atomic mass is 32.2. The van der Waals surface area contributed by atoms with Crippen LogP contribution < -0.4 is 15.0 Å². The molecule has 1 N–H and O–H groups in total. The highest BCUT2D eigenvalue weighted by molar-refractivity contribution is 8.03. The number of halogens is 1. The fourth-order valence-corrected chi connectivity index (χ4v) is 5.20. The number of thioether (sulfide) groups is 1. The summed E-state index contributed by atoms with van der Waals surface area (Å²) in [6.45, 7) is 2.94. The molecule has 1 atom stereocenters. The van der Waals surface area contributed by atoms with Crippen molar-refractivity contribution in [1.29, 1.82) is 0 Å². The minimum absolute atomic E-state index is 0.00140. The first-order chi connectivity index (χ1) is 16.1. The van der Waals surface area contributed by atoms with Crippen LogP contribution in [0.5, 0.6) is 5.75 Å². The van der Waals surface area contributed by atoms with Gasteiger partial charge in [0, 0.05) is 35.8 Å². The summed E-state index contributed by atoms with van der Waals surface area (Å²) in [6.07, 6.45) is 5.79. The molecular weight excluding hydrogens is 441 g/mol. The minimum Gasteiger partial charge on any atom is -0.494 e. The largest absolute Gasteiger partial charge is 0.494 e. The van der Waals surface area contributed by atoms with Crippen molar-refractivity contribution in [1.82, 2.24) is 4.98 Å². The summed E-state index contributed by atoms with van der Waals surface area (Å²) in [5.41, 5.74) is 4.02. The summed E-state index contributed by atoms with van der Waals surface area (Å²) < 4.78 is 25.1. The van der Waals surface area contributed by atoms with E-state index in [0.717, 1.165) is 55.7 Å². The van der Waals surface area contributed by atoms with E-state index in [1.807, 2.05) is 17.2 Å². The molecule has 176 valence electrons. The average Bonchev–Trinajstić information content (AvgIpc) is 3.21. The maximum atomic E-state index is 14.5. The van der Waals surface area contributed by atoms with E-state index in [1.165, 1.54) is 13.2 Å². The lowest BCUT2D eigenvalue weighted by Gasteiger charge is -2.28. The van der Waals surface area contributed by atoms with Gasteiger partial charge in [0.1, 0.15) is 0 Å². The third-order valence-electron chi connectivity index (χ3n) is 5.76. The monoisotopic (exact) mass is 471 g/mol. The number of methoxy groups -OCH3 is 1. The van der Waals surface area contributed by atoms with Crippen LogP contribution in [0, 0.1) is 5.82 Å². The first-order valence-corrected chi connectivity index (χ1v) is 12.4. The summed E-state index contributed by atoms with van der Waals surface area (Å²) in [7, 11) is 1.44. The molecule has 0 aliphatic carbocycles. The van der Waals surface area contributed by atoms with Gasteiger partial charge in [-0.15, -0.1) is 11.8 Å². The lowest BCUT2D eigenvalue weighted by Crippen LogP contribution is -2.30. The second-order valence-corrected chi connectivity index (χ2v) is 9.23. The molecule has 33 heavy (non-hydrogen) atoms. The Labute approximate surface area is 198 Å². The molecule has 8 heteroatoms. The average molecular weight is 472 g/mol. The Hall–Kier alpha value is -2.74. The zero-order valence-electron chi connectivity index (χ0n) is 19.1. The Kier molecular flexibility index (Phi) is 7.75. The van der Waals surface area contributed by atoms with Crippen molar-refractivity contribution in [2.45, 2.75) is 57.2 Å². The van der Waals surface area contributed by atoms with E-state index in [4.69, 9.17) is 14.5 Å². The molecule has 2 aliphatic heterocycles. The summed E-state index contributed by atoms with van der Waals surface area (Å²) in [4.78, 5) is 18.9. The lowest BCUT2D eigenvalue weighted by atomic mass is 10.1. The fraction of sp³-hybridized carbons (Fsp3) is 0.440. The van der Waals surface area contributed by atoms with Crippen molar-refractivity contribution in [3.05, 3.63) is 58.8 Å². The molecule has 4 rings (SSSR count). The van der Waals surface area contributed by atoms with Crippen molar-refractivity contribution in [3.8, 4) is 5.75 Å². The predicted octanol–water partition coefficient (Wildman–Crippen LogP) is 5.63. The molecule has 2 aromatic rings. The number of nitrogens with one attached hydrogen (secondary N) is 1. The van der Waals surface area contributed by atoms with E-state index in [1.54, 1.807) is 23.9 Å². The van der Waals surface area contributed by atoms with Crippen molar-refractivity contribution >= 4 is 29.1 Å². The molecular formula is C25H30FN3O3S. The Balaban J connectivity index is 1.45. The SMILES string of the molecule is CCCC(=O)OC1=CSC(CCCc2ccc3c(n2)CCCN3)N1c1ccc(OC)c(F)c1. The van der Waals surface area contributed by atoms with E-state index in [-0.39, 0.29) is 17.1 Å². The van der Waals surface area contributed by atoms with Gasteiger partial charge in [-0.2, -0.15) is 0 Å². The van der Waals surface area contributed by atoms with Crippen molar-refractivity contribution in [2.24, 2.45) is 0 Å². The highest BCUT2D eigenvalue weighted by Gasteiger charge is 2.31. The minimum atomic E-state index is -0.447. The molecule has 2 aliphatic rings. The van der Waals surface area contributed by atoms with Gasteiger partial charge in [0.25, 0.3) is 0 Å². The first kappa shape index (κ1) is 23.4. The lowest BCUT2D eigenvalue weighted by molar-refractivity contribution is -0.139. The van der Waals surface area contributed by atoms with Gasteiger partial charge in [0.2, 0.25) is 5.88 Å². The molecule has 0 saturated carbocycles. The Morgan fingerprint density at radius 3 is 3.00 bits per heavy atom. The number of ether oxygens (including phenoxy) is 2. The van der Waals surface area contributed by atoms with E-state index >= 15 is 0 Å². The number of benzene rings is 1. The summed E-state index contributed by atoms with van der Waals surface area (Å²) in [6, 6.07) is 9.03. The molecule has 6 nitrogen and oxygen atoms in total. The van der Waals surface area contributed by atoms with Gasteiger partial charge >= 0.3 is 5.97 Å². The van der Waals surface area contributed by atoms with Crippen LogP contribution in [0.1, 0.15) is 50.4 Å². The summed E-state index contributed by atoms with van der Waals surface area (Å²) in [5, 5.41) is 5.25.